The SMILES string of the molecule is O=C1NC(=O)N(c2ccc(C3C4CC5CC(C4)CC3C5)cc2)C(=O)C1=Cc1ccc(N2CCOCC2)o1. The Morgan fingerprint density at radius 2 is 1.51 bits per heavy atom. The van der Waals surface area contributed by atoms with Crippen molar-refractivity contribution in [2.75, 3.05) is 36.1 Å². The Morgan fingerprint density at radius 3 is 2.19 bits per heavy atom. The molecule has 4 aliphatic carbocycles. The summed E-state index contributed by atoms with van der Waals surface area (Å²) in [7, 11) is 0. The Bertz CT molecular complexity index is 1240. The summed E-state index contributed by atoms with van der Waals surface area (Å²) in [6, 6.07) is 10.6. The van der Waals surface area contributed by atoms with Crippen LogP contribution in [-0.2, 0) is 14.3 Å². The maximum Gasteiger partial charge on any atom is 0.335 e. The number of morpholine rings is 1. The molecule has 2 saturated heterocycles. The molecular formula is C29H31N3O5. The van der Waals surface area contributed by atoms with Crippen molar-refractivity contribution in [2.24, 2.45) is 23.7 Å². The number of carbonyl (C=O) groups is 3. The zero-order valence-electron chi connectivity index (χ0n) is 20.7. The van der Waals surface area contributed by atoms with Crippen molar-refractivity contribution in [1.82, 2.24) is 5.32 Å². The first-order valence-electron chi connectivity index (χ1n) is 13.5. The van der Waals surface area contributed by atoms with Crippen LogP contribution >= 0.6 is 0 Å². The van der Waals surface area contributed by atoms with Crippen LogP contribution in [0.2, 0.25) is 0 Å². The van der Waals surface area contributed by atoms with Crippen LogP contribution in [0, 0.1) is 23.7 Å². The molecule has 8 heteroatoms. The highest BCUT2D eigenvalue weighted by Crippen LogP contribution is 2.59. The quantitative estimate of drug-likeness (QED) is 0.496. The number of furan rings is 1. The minimum absolute atomic E-state index is 0.132. The lowest BCUT2D eigenvalue weighted by Crippen LogP contribution is -2.54. The van der Waals surface area contributed by atoms with Gasteiger partial charge in [0.25, 0.3) is 11.8 Å². The highest BCUT2D eigenvalue weighted by atomic mass is 16.5. The largest absolute Gasteiger partial charge is 0.441 e. The van der Waals surface area contributed by atoms with Crippen LogP contribution in [-0.4, -0.2) is 44.1 Å². The number of hydrogen-bond acceptors (Lipinski definition) is 6. The molecule has 1 aromatic heterocycles. The number of amides is 4. The molecule has 192 valence electrons. The van der Waals surface area contributed by atoms with E-state index in [1.807, 2.05) is 18.2 Å². The molecule has 0 radical (unpaired) electrons. The summed E-state index contributed by atoms with van der Waals surface area (Å²) in [6.07, 6.45) is 8.17. The molecule has 8 nitrogen and oxygen atoms in total. The summed E-state index contributed by atoms with van der Waals surface area (Å²) in [4.78, 5) is 41.8. The fourth-order valence-corrected chi connectivity index (χ4v) is 7.72. The van der Waals surface area contributed by atoms with Crippen molar-refractivity contribution in [2.45, 2.75) is 38.0 Å². The van der Waals surface area contributed by atoms with Gasteiger partial charge in [-0.1, -0.05) is 12.1 Å². The fourth-order valence-electron chi connectivity index (χ4n) is 7.72. The molecule has 1 aromatic carbocycles. The van der Waals surface area contributed by atoms with Gasteiger partial charge in [-0.05, 0) is 91.5 Å². The van der Waals surface area contributed by atoms with Gasteiger partial charge in [0.2, 0.25) is 0 Å². The van der Waals surface area contributed by atoms with Crippen molar-refractivity contribution in [3.63, 3.8) is 0 Å². The number of urea groups is 1. The van der Waals surface area contributed by atoms with Gasteiger partial charge in [0.15, 0.2) is 5.88 Å². The number of anilines is 2. The van der Waals surface area contributed by atoms with Crippen molar-refractivity contribution in [3.8, 4) is 0 Å². The number of barbiturate groups is 1. The fraction of sp³-hybridized carbons (Fsp3) is 0.483. The van der Waals surface area contributed by atoms with E-state index in [2.05, 4.69) is 22.3 Å². The first-order chi connectivity index (χ1) is 18.0. The van der Waals surface area contributed by atoms with Gasteiger partial charge in [0.1, 0.15) is 11.3 Å². The van der Waals surface area contributed by atoms with Gasteiger partial charge in [-0.15, -0.1) is 0 Å². The van der Waals surface area contributed by atoms with Crippen molar-refractivity contribution < 1.29 is 23.5 Å². The Labute approximate surface area is 215 Å². The minimum atomic E-state index is -0.733. The van der Waals surface area contributed by atoms with Crippen LogP contribution in [0.25, 0.3) is 6.08 Å². The molecule has 3 heterocycles. The standard InChI is InChI=1S/C29H31N3O5/c33-27-24(16-23-5-6-25(37-23)31-7-9-36-10-8-31)28(34)32(29(35)30-27)22-3-1-19(2-4-22)26-20-12-17-11-18(14-20)15-21(26)13-17/h1-6,16-18,20-21,26H,7-15H2,(H,30,33,35). The van der Waals surface area contributed by atoms with Gasteiger partial charge < -0.3 is 14.1 Å². The van der Waals surface area contributed by atoms with Crippen LogP contribution in [0.5, 0.6) is 0 Å². The van der Waals surface area contributed by atoms with Gasteiger partial charge in [0.05, 0.1) is 18.9 Å². The molecule has 1 N–H and O–H groups in total. The van der Waals surface area contributed by atoms with E-state index in [1.54, 1.807) is 6.07 Å². The number of imide groups is 2. The topological polar surface area (TPSA) is 92.1 Å². The van der Waals surface area contributed by atoms with Crippen LogP contribution < -0.4 is 15.1 Å². The van der Waals surface area contributed by atoms with Gasteiger partial charge in [0, 0.05) is 19.2 Å². The highest BCUT2D eigenvalue weighted by molar-refractivity contribution is 6.39. The van der Waals surface area contributed by atoms with Gasteiger partial charge >= 0.3 is 6.03 Å². The first-order valence-corrected chi connectivity index (χ1v) is 13.5. The molecule has 0 unspecified atom stereocenters. The van der Waals surface area contributed by atoms with E-state index in [0.29, 0.717) is 49.6 Å². The summed E-state index contributed by atoms with van der Waals surface area (Å²) in [5, 5.41) is 2.31. The maximum atomic E-state index is 13.4. The molecule has 8 rings (SSSR count). The third kappa shape index (κ3) is 3.98. The Morgan fingerprint density at radius 1 is 0.838 bits per heavy atom. The lowest BCUT2D eigenvalue weighted by molar-refractivity contribution is -0.122. The Kier molecular flexibility index (Phi) is 5.46. The average molecular weight is 502 g/mol. The molecule has 0 spiro atoms. The number of nitrogens with one attached hydrogen (secondary N) is 1. The van der Waals surface area contributed by atoms with Crippen molar-refractivity contribution in [1.29, 1.82) is 0 Å². The normalized spacial score (nSPS) is 32.4. The lowest BCUT2D eigenvalue weighted by atomic mass is 9.51. The molecule has 4 amide bonds. The number of hydrogen-bond donors (Lipinski definition) is 1. The van der Waals surface area contributed by atoms with E-state index in [4.69, 9.17) is 9.15 Å². The molecule has 6 aliphatic rings. The number of ether oxygens (including phenoxy) is 1. The maximum absolute atomic E-state index is 13.4. The smallest absolute Gasteiger partial charge is 0.335 e. The second kappa shape index (κ2) is 8.87. The van der Waals surface area contributed by atoms with E-state index in [1.165, 1.54) is 43.7 Å². The van der Waals surface area contributed by atoms with Gasteiger partial charge in [-0.25, -0.2) is 9.69 Å². The van der Waals surface area contributed by atoms with Gasteiger partial charge in [-0.3, -0.25) is 14.9 Å². The molecule has 6 fully saturated rings. The summed E-state index contributed by atoms with van der Waals surface area (Å²) < 4.78 is 11.3. The zero-order chi connectivity index (χ0) is 25.1. The monoisotopic (exact) mass is 501 g/mol. The highest BCUT2D eigenvalue weighted by Gasteiger charge is 2.48. The van der Waals surface area contributed by atoms with Crippen LogP contribution in [0.4, 0.5) is 16.4 Å². The van der Waals surface area contributed by atoms with E-state index in [0.717, 1.165) is 28.6 Å². The van der Waals surface area contributed by atoms with E-state index in [-0.39, 0.29) is 5.57 Å². The summed E-state index contributed by atoms with van der Waals surface area (Å²) in [6.45, 7) is 2.67. The molecule has 4 bridgehead atoms. The predicted octanol–water partition coefficient (Wildman–Crippen LogP) is 4.32. The molecule has 4 saturated carbocycles. The van der Waals surface area contributed by atoms with Crippen molar-refractivity contribution in [3.05, 3.63) is 53.3 Å². The van der Waals surface area contributed by atoms with Crippen LogP contribution in [0.3, 0.4) is 0 Å². The van der Waals surface area contributed by atoms with E-state index >= 15 is 0 Å². The summed E-state index contributed by atoms with van der Waals surface area (Å²) in [5.41, 5.74) is 1.63. The predicted molar refractivity (Wildman–Crippen MR) is 137 cm³/mol. The second-order valence-corrected chi connectivity index (χ2v) is 11.3. The summed E-state index contributed by atoms with van der Waals surface area (Å²) in [5.74, 6) is 3.57. The van der Waals surface area contributed by atoms with E-state index < -0.39 is 17.8 Å². The van der Waals surface area contributed by atoms with Crippen LogP contribution in [0.1, 0.15) is 49.3 Å². The van der Waals surface area contributed by atoms with Crippen molar-refractivity contribution >= 4 is 35.5 Å². The number of nitrogens with zero attached hydrogens (tertiary/aromatic N) is 2. The molecule has 2 aromatic rings. The van der Waals surface area contributed by atoms with Crippen LogP contribution in [0.15, 0.2) is 46.4 Å². The number of benzene rings is 1. The average Bonchev–Trinajstić information content (AvgIpc) is 3.36. The third-order valence-electron chi connectivity index (χ3n) is 9.09. The van der Waals surface area contributed by atoms with Gasteiger partial charge in [-0.2, -0.15) is 0 Å². The molecular weight excluding hydrogens is 470 g/mol. The minimum Gasteiger partial charge on any atom is -0.441 e. The zero-order valence-corrected chi connectivity index (χ0v) is 20.7. The number of rotatable bonds is 4. The van der Waals surface area contributed by atoms with E-state index in [9.17, 15) is 14.4 Å². The Hall–Kier alpha value is -3.39. The molecule has 0 atom stereocenters. The lowest BCUT2D eigenvalue weighted by Gasteiger charge is -2.54. The third-order valence-corrected chi connectivity index (χ3v) is 9.09. The second-order valence-electron chi connectivity index (χ2n) is 11.3. The Balaban J connectivity index is 1.12. The first kappa shape index (κ1) is 22.8. The summed E-state index contributed by atoms with van der Waals surface area (Å²) >= 11 is 0. The number of carbonyl (C=O) groups excluding carboxylic acids is 3. The molecule has 2 aliphatic heterocycles. The molecule has 37 heavy (non-hydrogen) atoms.